The molecule has 15 heavy (non-hydrogen) atoms. The number of Topliss-reactive ketones (excluding diaryl/α,β-unsaturated/α-hetero) is 1. The van der Waals surface area contributed by atoms with Crippen LogP contribution in [0.25, 0.3) is 0 Å². The highest BCUT2D eigenvalue weighted by molar-refractivity contribution is 5.96. The van der Waals surface area contributed by atoms with Gasteiger partial charge in [-0.05, 0) is 24.3 Å². The molecule has 1 fully saturated rings. The highest BCUT2D eigenvalue weighted by Gasteiger charge is 2.24. The SMILES string of the molecule is O=C1CC[C@@H](c2ccccc2)C/C1=C/O. The van der Waals surface area contributed by atoms with Crippen molar-refractivity contribution in [3.05, 3.63) is 47.7 Å². The maximum Gasteiger partial charge on any atom is 0.161 e. The van der Waals surface area contributed by atoms with Crippen molar-refractivity contribution in [2.24, 2.45) is 0 Å². The first-order chi connectivity index (χ1) is 7.31. The number of carbonyl (C=O) groups is 1. The topological polar surface area (TPSA) is 37.3 Å². The highest BCUT2D eigenvalue weighted by Crippen LogP contribution is 2.33. The van der Waals surface area contributed by atoms with Crippen molar-refractivity contribution < 1.29 is 9.90 Å². The number of benzene rings is 1. The van der Waals surface area contributed by atoms with Crippen LogP contribution in [0.4, 0.5) is 0 Å². The smallest absolute Gasteiger partial charge is 0.161 e. The molecule has 0 amide bonds. The minimum absolute atomic E-state index is 0.0877. The van der Waals surface area contributed by atoms with Crippen LogP contribution >= 0.6 is 0 Å². The van der Waals surface area contributed by atoms with Crippen LogP contribution in [-0.4, -0.2) is 10.9 Å². The standard InChI is InChI=1S/C13H14O2/c14-9-12-8-11(6-7-13(12)15)10-4-2-1-3-5-10/h1-5,9,11,14H,6-8H2/b12-9-/t11-/m1/s1. The predicted molar refractivity (Wildman–Crippen MR) is 58.8 cm³/mol. The number of aliphatic hydroxyl groups excluding tert-OH is 1. The van der Waals surface area contributed by atoms with Gasteiger partial charge in [-0.15, -0.1) is 0 Å². The van der Waals surface area contributed by atoms with E-state index in [1.165, 1.54) is 5.56 Å². The van der Waals surface area contributed by atoms with E-state index in [1.54, 1.807) is 0 Å². The largest absolute Gasteiger partial charge is 0.515 e. The summed E-state index contributed by atoms with van der Waals surface area (Å²) in [7, 11) is 0. The minimum atomic E-state index is 0.0877. The number of ketones is 1. The third-order valence-electron chi connectivity index (χ3n) is 2.97. The van der Waals surface area contributed by atoms with Gasteiger partial charge in [-0.3, -0.25) is 4.79 Å². The van der Waals surface area contributed by atoms with Gasteiger partial charge in [0, 0.05) is 12.0 Å². The van der Waals surface area contributed by atoms with Gasteiger partial charge in [0.1, 0.15) is 0 Å². The Kier molecular flexibility index (Phi) is 2.86. The molecule has 0 unspecified atom stereocenters. The molecule has 1 saturated carbocycles. The van der Waals surface area contributed by atoms with E-state index >= 15 is 0 Å². The fraction of sp³-hybridized carbons (Fsp3) is 0.308. The lowest BCUT2D eigenvalue weighted by Crippen LogP contribution is -2.15. The number of hydrogen-bond acceptors (Lipinski definition) is 2. The molecule has 0 aliphatic heterocycles. The second-order valence-electron chi connectivity index (χ2n) is 3.93. The van der Waals surface area contributed by atoms with Crippen molar-refractivity contribution in [1.29, 1.82) is 0 Å². The Labute approximate surface area is 89.2 Å². The van der Waals surface area contributed by atoms with Crippen molar-refractivity contribution in [3.8, 4) is 0 Å². The first-order valence-electron chi connectivity index (χ1n) is 5.22. The quantitative estimate of drug-likeness (QED) is 0.561. The van der Waals surface area contributed by atoms with Crippen LogP contribution in [0.1, 0.15) is 30.7 Å². The van der Waals surface area contributed by atoms with E-state index in [1.807, 2.05) is 18.2 Å². The van der Waals surface area contributed by atoms with E-state index < -0.39 is 0 Å². The van der Waals surface area contributed by atoms with Gasteiger partial charge in [0.25, 0.3) is 0 Å². The van der Waals surface area contributed by atoms with E-state index in [9.17, 15) is 4.79 Å². The van der Waals surface area contributed by atoms with Crippen LogP contribution in [0.3, 0.4) is 0 Å². The lowest BCUT2D eigenvalue weighted by Gasteiger charge is -2.22. The minimum Gasteiger partial charge on any atom is -0.515 e. The number of aliphatic hydroxyl groups is 1. The Morgan fingerprint density at radius 2 is 2.00 bits per heavy atom. The summed E-state index contributed by atoms with van der Waals surface area (Å²) in [4.78, 5) is 11.4. The molecular weight excluding hydrogens is 188 g/mol. The van der Waals surface area contributed by atoms with Crippen molar-refractivity contribution in [2.45, 2.75) is 25.2 Å². The van der Waals surface area contributed by atoms with Gasteiger partial charge in [0.05, 0.1) is 6.26 Å². The first-order valence-corrected chi connectivity index (χ1v) is 5.22. The first kappa shape index (κ1) is 9.97. The average molecular weight is 202 g/mol. The highest BCUT2D eigenvalue weighted by atomic mass is 16.2. The summed E-state index contributed by atoms with van der Waals surface area (Å²) in [5.41, 5.74) is 1.82. The predicted octanol–water partition coefficient (Wildman–Crippen LogP) is 2.97. The molecule has 0 spiro atoms. The van der Waals surface area contributed by atoms with E-state index in [2.05, 4.69) is 12.1 Å². The lowest BCUT2D eigenvalue weighted by atomic mass is 9.81. The molecule has 0 radical (unpaired) electrons. The van der Waals surface area contributed by atoms with Crippen LogP contribution in [0.5, 0.6) is 0 Å². The molecule has 2 heteroatoms. The van der Waals surface area contributed by atoms with Gasteiger partial charge in [-0.1, -0.05) is 30.3 Å². The van der Waals surface area contributed by atoms with Crippen molar-refractivity contribution in [1.82, 2.24) is 0 Å². The monoisotopic (exact) mass is 202 g/mol. The van der Waals surface area contributed by atoms with E-state index in [0.29, 0.717) is 24.3 Å². The third-order valence-corrected chi connectivity index (χ3v) is 2.97. The van der Waals surface area contributed by atoms with Crippen LogP contribution in [0, 0.1) is 0 Å². The molecule has 2 rings (SSSR count). The summed E-state index contributed by atoms with van der Waals surface area (Å²) >= 11 is 0. The van der Waals surface area contributed by atoms with Gasteiger partial charge in [0.15, 0.2) is 5.78 Å². The Hall–Kier alpha value is -1.57. The van der Waals surface area contributed by atoms with Gasteiger partial charge in [0.2, 0.25) is 0 Å². The molecule has 1 aromatic carbocycles. The summed E-state index contributed by atoms with van der Waals surface area (Å²) in [5.74, 6) is 0.465. The van der Waals surface area contributed by atoms with E-state index in [4.69, 9.17) is 5.11 Å². The Bertz CT molecular complexity index is 379. The number of allylic oxidation sites excluding steroid dienone is 1. The Morgan fingerprint density at radius 3 is 2.67 bits per heavy atom. The van der Waals surface area contributed by atoms with Crippen LogP contribution < -0.4 is 0 Å². The molecule has 1 aliphatic carbocycles. The third kappa shape index (κ3) is 2.09. The zero-order valence-corrected chi connectivity index (χ0v) is 8.52. The summed E-state index contributed by atoms with van der Waals surface area (Å²) in [6.45, 7) is 0. The van der Waals surface area contributed by atoms with Gasteiger partial charge in [-0.25, -0.2) is 0 Å². The van der Waals surface area contributed by atoms with Gasteiger partial charge < -0.3 is 5.11 Å². The number of rotatable bonds is 1. The van der Waals surface area contributed by atoms with Crippen LogP contribution in [0.15, 0.2) is 42.2 Å². The van der Waals surface area contributed by atoms with Crippen LogP contribution in [-0.2, 0) is 4.79 Å². The van der Waals surface area contributed by atoms with Gasteiger partial charge >= 0.3 is 0 Å². The second kappa shape index (κ2) is 4.30. The molecule has 1 atom stereocenters. The number of hydrogen-bond donors (Lipinski definition) is 1. The Morgan fingerprint density at radius 1 is 1.27 bits per heavy atom. The molecular formula is C13H14O2. The van der Waals surface area contributed by atoms with E-state index in [0.717, 1.165) is 12.7 Å². The lowest BCUT2D eigenvalue weighted by molar-refractivity contribution is -0.116. The normalized spacial score (nSPS) is 24.4. The number of carbonyl (C=O) groups excluding carboxylic acids is 1. The molecule has 1 N–H and O–H groups in total. The summed E-state index contributed by atoms with van der Waals surface area (Å²) < 4.78 is 0. The maximum absolute atomic E-state index is 11.4. The fourth-order valence-corrected chi connectivity index (χ4v) is 2.08. The molecule has 1 aromatic rings. The second-order valence-corrected chi connectivity index (χ2v) is 3.93. The molecule has 2 nitrogen and oxygen atoms in total. The Balaban J connectivity index is 2.17. The average Bonchev–Trinajstić information content (AvgIpc) is 2.31. The molecule has 78 valence electrons. The summed E-state index contributed by atoms with van der Waals surface area (Å²) in [5, 5.41) is 8.94. The fourth-order valence-electron chi connectivity index (χ4n) is 2.08. The zero-order valence-electron chi connectivity index (χ0n) is 8.52. The molecule has 0 heterocycles. The maximum atomic E-state index is 11.4. The van der Waals surface area contributed by atoms with Crippen molar-refractivity contribution >= 4 is 5.78 Å². The summed E-state index contributed by atoms with van der Waals surface area (Å²) in [6.07, 6.45) is 3.07. The molecule has 0 aromatic heterocycles. The molecule has 0 saturated heterocycles. The van der Waals surface area contributed by atoms with E-state index in [-0.39, 0.29) is 5.78 Å². The molecule has 0 bridgehead atoms. The molecule has 1 aliphatic rings. The van der Waals surface area contributed by atoms with Gasteiger partial charge in [-0.2, -0.15) is 0 Å². The van der Waals surface area contributed by atoms with Crippen LogP contribution in [0.2, 0.25) is 0 Å². The van der Waals surface area contributed by atoms with Crippen molar-refractivity contribution in [3.63, 3.8) is 0 Å². The van der Waals surface area contributed by atoms with Crippen molar-refractivity contribution in [2.75, 3.05) is 0 Å². The summed E-state index contributed by atoms with van der Waals surface area (Å²) in [6, 6.07) is 10.2. The zero-order chi connectivity index (χ0) is 10.7.